The maximum absolute atomic E-state index is 6.34. The number of rotatable bonds is 5. The lowest BCUT2D eigenvalue weighted by atomic mass is 9.93. The summed E-state index contributed by atoms with van der Waals surface area (Å²) in [6.45, 7) is 5.67. The largest absolute Gasteiger partial charge is 0.324 e. The first-order chi connectivity index (χ1) is 9.15. The molecule has 106 valence electrons. The summed E-state index contributed by atoms with van der Waals surface area (Å²) in [5, 5.41) is 3.58. The van der Waals surface area contributed by atoms with Crippen LogP contribution in [0.3, 0.4) is 0 Å². The van der Waals surface area contributed by atoms with Gasteiger partial charge < -0.3 is 11.1 Å². The van der Waals surface area contributed by atoms with Gasteiger partial charge in [-0.25, -0.2) is 0 Å². The summed E-state index contributed by atoms with van der Waals surface area (Å²) in [4.78, 5) is 0. The van der Waals surface area contributed by atoms with Gasteiger partial charge in [0.15, 0.2) is 0 Å². The van der Waals surface area contributed by atoms with E-state index in [-0.39, 0.29) is 6.04 Å². The molecule has 3 N–H and O–H groups in total. The topological polar surface area (TPSA) is 38.0 Å². The molecule has 0 aromatic heterocycles. The van der Waals surface area contributed by atoms with E-state index < -0.39 is 0 Å². The average Bonchev–Trinajstić information content (AvgIpc) is 2.40. The van der Waals surface area contributed by atoms with Gasteiger partial charge >= 0.3 is 0 Å². The first-order valence-corrected chi connectivity index (χ1v) is 7.73. The van der Waals surface area contributed by atoms with Crippen LogP contribution in [-0.2, 0) is 6.42 Å². The highest BCUT2D eigenvalue weighted by molar-refractivity contribution is 5.25. The lowest BCUT2D eigenvalue weighted by Gasteiger charge is -2.26. The maximum atomic E-state index is 6.34. The molecule has 1 aromatic rings. The van der Waals surface area contributed by atoms with E-state index in [4.69, 9.17) is 5.73 Å². The summed E-state index contributed by atoms with van der Waals surface area (Å²) >= 11 is 0. The Morgan fingerprint density at radius 1 is 1.21 bits per heavy atom. The van der Waals surface area contributed by atoms with Gasteiger partial charge in [0.25, 0.3) is 0 Å². The van der Waals surface area contributed by atoms with E-state index in [2.05, 4.69) is 43.4 Å². The van der Waals surface area contributed by atoms with Crippen LogP contribution in [0, 0.1) is 5.92 Å². The second-order valence-electron chi connectivity index (χ2n) is 6.33. The fraction of sp³-hybridized carbons (Fsp3) is 0.647. The predicted molar refractivity (Wildman–Crippen MR) is 82.2 cm³/mol. The molecule has 0 radical (unpaired) electrons. The van der Waals surface area contributed by atoms with Gasteiger partial charge in [0.1, 0.15) is 0 Å². The summed E-state index contributed by atoms with van der Waals surface area (Å²) in [6.07, 6.45) is 6.15. The van der Waals surface area contributed by atoms with Crippen molar-refractivity contribution in [3.63, 3.8) is 0 Å². The quantitative estimate of drug-likeness (QED) is 0.851. The van der Waals surface area contributed by atoms with Gasteiger partial charge in [0, 0.05) is 12.1 Å². The summed E-state index contributed by atoms with van der Waals surface area (Å²) in [5.41, 5.74) is 9.03. The van der Waals surface area contributed by atoms with Crippen LogP contribution in [0.2, 0.25) is 0 Å². The minimum absolute atomic E-state index is 0.170. The number of hydrogen-bond acceptors (Lipinski definition) is 2. The molecule has 1 aromatic carbocycles. The van der Waals surface area contributed by atoms with Crippen molar-refractivity contribution in [1.29, 1.82) is 0 Å². The van der Waals surface area contributed by atoms with E-state index in [9.17, 15) is 0 Å². The molecule has 2 rings (SSSR count). The van der Waals surface area contributed by atoms with Crippen LogP contribution in [-0.4, -0.2) is 12.6 Å². The van der Waals surface area contributed by atoms with Crippen LogP contribution in [0.5, 0.6) is 0 Å². The fourth-order valence-electron chi connectivity index (χ4n) is 2.94. The highest BCUT2D eigenvalue weighted by Gasteiger charge is 2.17. The molecule has 1 heterocycles. The fourth-order valence-corrected chi connectivity index (χ4v) is 2.94. The first-order valence-electron chi connectivity index (χ1n) is 7.73. The SMILES string of the molecule is CC(C)Cc1ccc(C(N)CC2CCCCN2)cc1. The van der Waals surface area contributed by atoms with Crippen molar-refractivity contribution in [1.82, 2.24) is 5.32 Å². The normalized spacial score (nSPS) is 21.6. The van der Waals surface area contributed by atoms with Crippen molar-refractivity contribution >= 4 is 0 Å². The smallest absolute Gasteiger partial charge is 0.0309 e. The van der Waals surface area contributed by atoms with Gasteiger partial charge in [0.05, 0.1) is 0 Å². The van der Waals surface area contributed by atoms with Crippen LogP contribution < -0.4 is 11.1 Å². The summed E-state index contributed by atoms with van der Waals surface area (Å²) in [6, 6.07) is 9.69. The second kappa shape index (κ2) is 7.06. The Balaban J connectivity index is 1.89. The molecule has 19 heavy (non-hydrogen) atoms. The van der Waals surface area contributed by atoms with Gasteiger partial charge in [-0.1, -0.05) is 44.5 Å². The minimum Gasteiger partial charge on any atom is -0.324 e. The molecule has 1 aliphatic rings. The van der Waals surface area contributed by atoms with Crippen LogP contribution in [0.1, 0.15) is 56.7 Å². The zero-order valence-corrected chi connectivity index (χ0v) is 12.4. The molecule has 0 amide bonds. The molecular formula is C17H28N2. The van der Waals surface area contributed by atoms with Crippen molar-refractivity contribution in [2.75, 3.05) is 6.54 Å². The number of hydrogen-bond donors (Lipinski definition) is 2. The van der Waals surface area contributed by atoms with E-state index in [0.717, 1.165) is 19.4 Å². The lowest BCUT2D eigenvalue weighted by Crippen LogP contribution is -2.36. The highest BCUT2D eigenvalue weighted by Crippen LogP contribution is 2.21. The number of nitrogens with two attached hydrogens (primary N) is 1. The molecule has 1 fully saturated rings. The van der Waals surface area contributed by atoms with Crippen LogP contribution in [0.4, 0.5) is 0 Å². The Morgan fingerprint density at radius 2 is 1.95 bits per heavy atom. The monoisotopic (exact) mass is 260 g/mol. The zero-order chi connectivity index (χ0) is 13.7. The van der Waals surface area contributed by atoms with Crippen molar-refractivity contribution in [2.45, 2.75) is 58.0 Å². The number of nitrogens with one attached hydrogen (secondary N) is 1. The summed E-state index contributed by atoms with van der Waals surface area (Å²) in [7, 11) is 0. The zero-order valence-electron chi connectivity index (χ0n) is 12.4. The van der Waals surface area contributed by atoms with Crippen molar-refractivity contribution in [3.8, 4) is 0 Å². The Morgan fingerprint density at radius 3 is 2.53 bits per heavy atom. The third-order valence-corrected chi connectivity index (χ3v) is 4.00. The molecule has 2 nitrogen and oxygen atoms in total. The van der Waals surface area contributed by atoms with E-state index in [1.807, 2.05) is 0 Å². The van der Waals surface area contributed by atoms with Crippen molar-refractivity contribution in [3.05, 3.63) is 35.4 Å². The Kier molecular flexibility index (Phi) is 5.41. The van der Waals surface area contributed by atoms with Gasteiger partial charge in [-0.3, -0.25) is 0 Å². The minimum atomic E-state index is 0.170. The Labute approximate surface area is 117 Å². The Bertz CT molecular complexity index is 363. The first kappa shape index (κ1) is 14.5. The molecule has 2 atom stereocenters. The molecular weight excluding hydrogens is 232 g/mol. The molecule has 2 unspecified atom stereocenters. The van der Waals surface area contributed by atoms with E-state index in [1.165, 1.54) is 30.4 Å². The average molecular weight is 260 g/mol. The highest BCUT2D eigenvalue weighted by atomic mass is 14.9. The van der Waals surface area contributed by atoms with Crippen molar-refractivity contribution in [2.24, 2.45) is 11.7 Å². The van der Waals surface area contributed by atoms with Gasteiger partial charge in [-0.15, -0.1) is 0 Å². The molecule has 0 saturated carbocycles. The lowest BCUT2D eigenvalue weighted by molar-refractivity contribution is 0.362. The third kappa shape index (κ3) is 4.63. The third-order valence-electron chi connectivity index (χ3n) is 4.00. The Hall–Kier alpha value is -0.860. The van der Waals surface area contributed by atoms with Gasteiger partial charge in [-0.05, 0) is 49.3 Å². The van der Waals surface area contributed by atoms with E-state index in [0.29, 0.717) is 12.0 Å². The number of piperidine rings is 1. The van der Waals surface area contributed by atoms with Crippen LogP contribution in [0.15, 0.2) is 24.3 Å². The maximum Gasteiger partial charge on any atom is 0.0309 e. The molecule has 0 bridgehead atoms. The molecule has 0 spiro atoms. The van der Waals surface area contributed by atoms with E-state index in [1.54, 1.807) is 0 Å². The van der Waals surface area contributed by atoms with Crippen LogP contribution in [0.25, 0.3) is 0 Å². The van der Waals surface area contributed by atoms with Gasteiger partial charge in [-0.2, -0.15) is 0 Å². The van der Waals surface area contributed by atoms with E-state index >= 15 is 0 Å². The molecule has 0 aliphatic carbocycles. The molecule has 1 saturated heterocycles. The summed E-state index contributed by atoms with van der Waals surface area (Å²) < 4.78 is 0. The number of benzene rings is 1. The predicted octanol–water partition coefficient (Wildman–Crippen LogP) is 3.42. The van der Waals surface area contributed by atoms with Gasteiger partial charge in [0.2, 0.25) is 0 Å². The van der Waals surface area contributed by atoms with Crippen molar-refractivity contribution < 1.29 is 0 Å². The molecule has 1 aliphatic heterocycles. The standard InChI is InChI=1S/C17H28N2/c1-13(2)11-14-6-8-15(9-7-14)17(18)12-16-5-3-4-10-19-16/h6-9,13,16-17,19H,3-5,10-12,18H2,1-2H3. The second-order valence-corrected chi connectivity index (χ2v) is 6.33. The summed E-state index contributed by atoms with van der Waals surface area (Å²) in [5.74, 6) is 0.714. The van der Waals surface area contributed by atoms with Crippen LogP contribution >= 0.6 is 0 Å². The molecule has 2 heteroatoms.